The van der Waals surface area contributed by atoms with E-state index in [0.29, 0.717) is 6.42 Å². The molecule has 2 unspecified atom stereocenters. The first-order chi connectivity index (χ1) is 5.36. The van der Waals surface area contributed by atoms with Gasteiger partial charge in [0.2, 0.25) is 0 Å². The van der Waals surface area contributed by atoms with Gasteiger partial charge < -0.3 is 0 Å². The number of carbonyl (C=O) groups excluding carboxylic acids is 2. The van der Waals surface area contributed by atoms with Gasteiger partial charge in [-0.1, -0.05) is 63.7 Å². The lowest BCUT2D eigenvalue weighted by Gasteiger charge is -2.29. The van der Waals surface area contributed by atoms with E-state index in [4.69, 9.17) is 0 Å². The van der Waals surface area contributed by atoms with Crippen molar-refractivity contribution in [1.82, 2.24) is 0 Å². The average molecular weight is 428 g/mol. The summed E-state index contributed by atoms with van der Waals surface area (Å²) in [6.45, 7) is 0. The van der Waals surface area contributed by atoms with Gasteiger partial charge in [-0.05, 0) is 6.42 Å². The number of Topliss-reactive ketones (excluding diaryl/α,β-unsaturated/α-hetero) is 2. The zero-order valence-corrected chi connectivity index (χ0v) is 12.0. The molecular formula is C6H4Br4O2. The number of halogens is 4. The second-order valence-corrected chi connectivity index (χ2v) is 8.30. The zero-order valence-electron chi connectivity index (χ0n) is 5.69. The van der Waals surface area contributed by atoms with Gasteiger partial charge in [0.1, 0.15) is 8.06 Å². The minimum absolute atomic E-state index is 0.116. The lowest BCUT2D eigenvalue weighted by molar-refractivity contribution is -0.127. The molecule has 68 valence electrons. The number of alkyl halides is 4. The maximum atomic E-state index is 11.4. The Morgan fingerprint density at radius 3 is 2.25 bits per heavy atom. The van der Waals surface area contributed by atoms with Gasteiger partial charge >= 0.3 is 0 Å². The topological polar surface area (TPSA) is 34.1 Å². The summed E-state index contributed by atoms with van der Waals surface area (Å²) in [5.74, 6) is -0.294. The fourth-order valence-electron chi connectivity index (χ4n) is 0.900. The molecule has 1 aliphatic rings. The molecule has 0 heterocycles. The van der Waals surface area contributed by atoms with Crippen LogP contribution in [0.4, 0.5) is 0 Å². The lowest BCUT2D eigenvalue weighted by atomic mass is 9.97. The Balaban J connectivity index is 2.93. The van der Waals surface area contributed by atoms with Crippen LogP contribution in [0.1, 0.15) is 6.42 Å². The van der Waals surface area contributed by atoms with Crippen molar-refractivity contribution in [2.45, 2.75) is 19.3 Å². The summed E-state index contributed by atoms with van der Waals surface area (Å²) >= 11 is 12.7. The van der Waals surface area contributed by atoms with Crippen molar-refractivity contribution in [1.29, 1.82) is 0 Å². The zero-order chi connectivity index (χ0) is 9.52. The molecule has 0 amide bonds. The van der Waals surface area contributed by atoms with Gasteiger partial charge in [0, 0.05) is 0 Å². The molecule has 2 atom stereocenters. The smallest absolute Gasteiger partial charge is 0.181 e. The number of hydrogen-bond acceptors (Lipinski definition) is 2. The number of carbonyl (C=O) groups is 2. The van der Waals surface area contributed by atoms with Gasteiger partial charge in [-0.3, -0.25) is 9.59 Å². The van der Waals surface area contributed by atoms with Gasteiger partial charge in [-0.2, -0.15) is 0 Å². The van der Waals surface area contributed by atoms with E-state index in [0.717, 1.165) is 0 Å². The third-order valence-corrected chi connectivity index (χ3v) is 4.66. The molecular weight excluding hydrogens is 424 g/mol. The Bertz CT molecular complexity index is 238. The molecule has 0 saturated heterocycles. The largest absolute Gasteiger partial charge is 0.297 e. The van der Waals surface area contributed by atoms with Gasteiger partial charge in [0.15, 0.2) is 11.6 Å². The van der Waals surface area contributed by atoms with Crippen molar-refractivity contribution < 1.29 is 9.59 Å². The van der Waals surface area contributed by atoms with Crippen LogP contribution in [-0.4, -0.2) is 24.5 Å². The number of rotatable bonds is 0. The molecule has 1 fully saturated rings. The summed E-state index contributed by atoms with van der Waals surface area (Å²) in [4.78, 5) is 21.7. The molecule has 0 aromatic carbocycles. The second kappa shape index (κ2) is 3.79. The molecule has 0 spiro atoms. The third kappa shape index (κ3) is 2.01. The Hall–Kier alpha value is 1.26. The molecule has 1 aliphatic carbocycles. The van der Waals surface area contributed by atoms with E-state index in [9.17, 15) is 9.59 Å². The van der Waals surface area contributed by atoms with E-state index in [-0.39, 0.29) is 16.4 Å². The highest BCUT2D eigenvalue weighted by molar-refractivity contribution is 9.26. The van der Waals surface area contributed by atoms with Crippen molar-refractivity contribution in [2.75, 3.05) is 0 Å². The molecule has 6 heteroatoms. The van der Waals surface area contributed by atoms with Crippen LogP contribution in [-0.2, 0) is 9.59 Å². The van der Waals surface area contributed by atoms with Gasteiger partial charge in [0.25, 0.3) is 0 Å². The van der Waals surface area contributed by atoms with E-state index in [2.05, 4.69) is 63.7 Å². The molecule has 0 N–H and O–H groups in total. The van der Waals surface area contributed by atoms with E-state index in [1.807, 2.05) is 0 Å². The van der Waals surface area contributed by atoms with Crippen LogP contribution in [0.3, 0.4) is 0 Å². The minimum atomic E-state index is -0.768. The normalized spacial score (nSPS) is 35.3. The Morgan fingerprint density at radius 1 is 1.25 bits per heavy atom. The van der Waals surface area contributed by atoms with E-state index in [1.165, 1.54) is 0 Å². The number of ketones is 2. The highest BCUT2D eigenvalue weighted by atomic mass is 79.9. The molecule has 2 nitrogen and oxygen atoms in total. The molecule has 0 aliphatic heterocycles. The first-order valence-corrected chi connectivity index (χ1v) is 6.52. The minimum Gasteiger partial charge on any atom is -0.297 e. The summed E-state index contributed by atoms with van der Waals surface area (Å²) in [7, 11) is 0. The van der Waals surface area contributed by atoms with Crippen LogP contribution >= 0.6 is 63.7 Å². The molecule has 0 radical (unpaired) electrons. The predicted molar refractivity (Wildman–Crippen MR) is 60.6 cm³/mol. The van der Waals surface area contributed by atoms with Crippen LogP contribution < -0.4 is 0 Å². The van der Waals surface area contributed by atoms with Crippen LogP contribution in [0, 0.1) is 0 Å². The maximum Gasteiger partial charge on any atom is 0.181 e. The van der Waals surface area contributed by atoms with Gasteiger partial charge in [0.05, 0.1) is 4.83 Å². The predicted octanol–water partition coefficient (Wildman–Crippen LogP) is 2.54. The monoisotopic (exact) mass is 424 g/mol. The summed E-state index contributed by atoms with van der Waals surface area (Å²) in [6, 6.07) is 0. The van der Waals surface area contributed by atoms with Crippen molar-refractivity contribution in [2.24, 2.45) is 0 Å². The van der Waals surface area contributed by atoms with Crippen molar-refractivity contribution in [3.05, 3.63) is 0 Å². The molecule has 0 aromatic rings. The summed E-state index contributed by atoms with van der Waals surface area (Å²) in [6.07, 6.45) is 0.423. The van der Waals surface area contributed by atoms with Crippen LogP contribution in [0.2, 0.25) is 0 Å². The van der Waals surface area contributed by atoms with Gasteiger partial charge in [-0.25, -0.2) is 0 Å². The van der Waals surface area contributed by atoms with Crippen molar-refractivity contribution >= 4 is 75.3 Å². The Kier molecular flexibility index (Phi) is 3.58. The first-order valence-electron chi connectivity index (χ1n) is 3.10. The van der Waals surface area contributed by atoms with Crippen LogP contribution in [0.15, 0.2) is 0 Å². The summed E-state index contributed by atoms with van der Waals surface area (Å²) in [5.41, 5.74) is 0. The Morgan fingerprint density at radius 2 is 1.75 bits per heavy atom. The highest BCUT2D eigenvalue weighted by Gasteiger charge is 2.48. The van der Waals surface area contributed by atoms with Crippen LogP contribution in [0.5, 0.6) is 0 Å². The third-order valence-electron chi connectivity index (χ3n) is 1.58. The Labute approximate surface area is 103 Å². The van der Waals surface area contributed by atoms with Crippen molar-refractivity contribution in [3.8, 4) is 0 Å². The van der Waals surface area contributed by atoms with Gasteiger partial charge in [-0.15, -0.1) is 0 Å². The summed E-state index contributed by atoms with van der Waals surface area (Å²) in [5, 5.41) is 0. The standard InChI is InChI=1S/C6H4Br4O2/c7-2-1-6(9,10)5(12)3(8)4(2)11/h2-3H,1H2. The van der Waals surface area contributed by atoms with E-state index < -0.39 is 8.06 Å². The van der Waals surface area contributed by atoms with E-state index >= 15 is 0 Å². The molecule has 0 bridgehead atoms. The number of hydrogen-bond donors (Lipinski definition) is 0. The lowest BCUT2D eigenvalue weighted by Crippen LogP contribution is -2.47. The molecule has 0 aromatic heterocycles. The SMILES string of the molecule is O=C1C(Br)CC(Br)(Br)C(=O)C1Br. The quantitative estimate of drug-likeness (QED) is 0.440. The summed E-state index contributed by atoms with van der Waals surface area (Å²) < 4.78 is -0.768. The second-order valence-electron chi connectivity index (χ2n) is 2.51. The van der Waals surface area contributed by atoms with Crippen molar-refractivity contribution in [3.63, 3.8) is 0 Å². The highest BCUT2D eigenvalue weighted by Crippen LogP contribution is 2.41. The maximum absolute atomic E-state index is 11.4. The van der Waals surface area contributed by atoms with Crippen LogP contribution in [0.25, 0.3) is 0 Å². The van der Waals surface area contributed by atoms with E-state index in [1.54, 1.807) is 0 Å². The fraction of sp³-hybridized carbons (Fsp3) is 0.667. The fourth-order valence-corrected chi connectivity index (χ4v) is 5.30. The molecule has 1 rings (SSSR count). The molecule has 1 saturated carbocycles. The average Bonchev–Trinajstić information content (AvgIpc) is 1.97. The molecule has 12 heavy (non-hydrogen) atoms. The first kappa shape index (κ1) is 11.3.